The van der Waals surface area contributed by atoms with Gasteiger partial charge in [0.05, 0.1) is 29.6 Å². The van der Waals surface area contributed by atoms with Gasteiger partial charge in [-0.15, -0.1) is 0 Å². The quantitative estimate of drug-likeness (QED) is 0.930. The lowest BCUT2D eigenvalue weighted by molar-refractivity contribution is 0.385. The van der Waals surface area contributed by atoms with E-state index in [0.29, 0.717) is 0 Å². The van der Waals surface area contributed by atoms with Crippen molar-refractivity contribution in [2.45, 2.75) is 10.6 Å². The molecule has 106 valence electrons. The molecule has 0 spiro atoms. The van der Waals surface area contributed by atoms with Gasteiger partial charge in [-0.2, -0.15) is 0 Å². The number of halogens is 1. The van der Waals surface area contributed by atoms with Crippen molar-refractivity contribution < 1.29 is 17.5 Å². The highest BCUT2D eigenvalue weighted by molar-refractivity contribution is 7.90. The molecule has 0 saturated carbocycles. The van der Waals surface area contributed by atoms with E-state index in [1.54, 1.807) is 0 Å². The highest BCUT2D eigenvalue weighted by atomic mass is 32.2. The molecule has 0 aliphatic carbocycles. The molecule has 7 heteroatoms. The molecule has 2 aromatic rings. The fourth-order valence-corrected chi connectivity index (χ4v) is 3.25. The van der Waals surface area contributed by atoms with Gasteiger partial charge in [0.15, 0.2) is 21.4 Å². The molecule has 1 aromatic carbocycles. The minimum Gasteiger partial charge on any atom is -0.494 e. The van der Waals surface area contributed by atoms with Crippen molar-refractivity contribution in [3.63, 3.8) is 0 Å². The van der Waals surface area contributed by atoms with Crippen LogP contribution >= 0.6 is 0 Å². The summed E-state index contributed by atoms with van der Waals surface area (Å²) in [4.78, 5) is 3.67. The fraction of sp³-hybridized carbons (Fsp3) is 0.154. The number of nitrogens with zero attached hydrogens (tertiary/aromatic N) is 1. The number of pyridine rings is 1. The van der Waals surface area contributed by atoms with E-state index in [4.69, 9.17) is 10.5 Å². The summed E-state index contributed by atoms with van der Waals surface area (Å²) in [7, 11) is -2.44. The first-order valence-corrected chi connectivity index (χ1v) is 7.34. The van der Waals surface area contributed by atoms with Gasteiger partial charge in [-0.25, -0.2) is 12.8 Å². The smallest absolute Gasteiger partial charge is 0.184 e. The minimum absolute atomic E-state index is 0.000371. The summed E-state index contributed by atoms with van der Waals surface area (Å²) in [5.74, 6) is -1.18. The van der Waals surface area contributed by atoms with Gasteiger partial charge in [0.2, 0.25) is 0 Å². The van der Waals surface area contributed by atoms with Crippen LogP contribution in [0, 0.1) is 5.82 Å². The van der Waals surface area contributed by atoms with Crippen LogP contribution in [0.1, 0.15) is 5.56 Å². The van der Waals surface area contributed by atoms with Gasteiger partial charge in [0.1, 0.15) is 0 Å². The van der Waals surface area contributed by atoms with Crippen molar-refractivity contribution in [1.29, 1.82) is 0 Å². The number of methoxy groups -OCH3 is 1. The predicted molar refractivity (Wildman–Crippen MR) is 72.5 cm³/mol. The molecular formula is C13H13FN2O3S. The number of hydrogen-bond acceptors (Lipinski definition) is 5. The molecule has 0 aliphatic heterocycles. The van der Waals surface area contributed by atoms with Crippen molar-refractivity contribution in [3.8, 4) is 5.75 Å². The van der Waals surface area contributed by atoms with E-state index in [-0.39, 0.29) is 21.9 Å². The zero-order valence-electron chi connectivity index (χ0n) is 10.7. The first-order valence-electron chi connectivity index (χ1n) is 5.69. The molecule has 0 unspecified atom stereocenters. The predicted octanol–water partition coefficient (Wildman–Crippen LogP) is 1.79. The molecular weight excluding hydrogens is 283 g/mol. The lowest BCUT2D eigenvalue weighted by Gasteiger charge is -2.09. The summed E-state index contributed by atoms with van der Waals surface area (Å²) in [6, 6.07) is 5.64. The van der Waals surface area contributed by atoms with Gasteiger partial charge >= 0.3 is 0 Å². The summed E-state index contributed by atoms with van der Waals surface area (Å²) >= 11 is 0. The molecule has 0 fully saturated rings. The molecule has 0 radical (unpaired) electrons. The maximum atomic E-state index is 14.0. The zero-order chi connectivity index (χ0) is 14.8. The molecule has 0 aliphatic rings. The Morgan fingerprint density at radius 1 is 1.35 bits per heavy atom. The Balaban J connectivity index is 2.42. The van der Waals surface area contributed by atoms with E-state index in [1.807, 2.05) is 0 Å². The summed E-state index contributed by atoms with van der Waals surface area (Å²) in [6.07, 6.45) is 2.57. The number of nitrogens with two attached hydrogens (primary N) is 1. The van der Waals surface area contributed by atoms with Crippen molar-refractivity contribution in [1.82, 2.24) is 4.98 Å². The van der Waals surface area contributed by atoms with E-state index in [2.05, 4.69) is 4.98 Å². The molecule has 2 N–H and O–H groups in total. The molecule has 0 atom stereocenters. The number of benzene rings is 1. The highest BCUT2D eigenvalue weighted by Crippen LogP contribution is 2.26. The average Bonchev–Trinajstić information content (AvgIpc) is 2.41. The Morgan fingerprint density at radius 2 is 2.10 bits per heavy atom. The SMILES string of the molecule is COc1cccc(CS(=O)(=O)c2ccncc2N)c1F. The van der Waals surface area contributed by atoms with Crippen LogP contribution in [0.15, 0.2) is 41.6 Å². The number of rotatable bonds is 4. The Bertz CT molecular complexity index is 732. The zero-order valence-corrected chi connectivity index (χ0v) is 11.5. The van der Waals surface area contributed by atoms with Crippen LogP contribution in [0.3, 0.4) is 0 Å². The number of aromatic nitrogens is 1. The molecule has 2 rings (SSSR count). The van der Waals surface area contributed by atoms with Gasteiger partial charge in [-0.05, 0) is 12.1 Å². The molecule has 1 aromatic heterocycles. The van der Waals surface area contributed by atoms with Crippen LogP contribution < -0.4 is 10.5 Å². The van der Waals surface area contributed by atoms with E-state index in [0.717, 1.165) is 0 Å². The largest absolute Gasteiger partial charge is 0.494 e. The summed E-state index contributed by atoms with van der Waals surface area (Å²) in [5.41, 5.74) is 5.66. The van der Waals surface area contributed by atoms with E-state index < -0.39 is 21.4 Å². The van der Waals surface area contributed by atoms with Crippen molar-refractivity contribution in [2.75, 3.05) is 12.8 Å². The Hall–Kier alpha value is -2.15. The first-order chi connectivity index (χ1) is 9.45. The Morgan fingerprint density at radius 3 is 2.75 bits per heavy atom. The Labute approximate surface area is 116 Å². The second-order valence-electron chi connectivity index (χ2n) is 4.11. The van der Waals surface area contributed by atoms with Crippen LogP contribution in [0.5, 0.6) is 5.75 Å². The third-order valence-electron chi connectivity index (χ3n) is 2.75. The Kier molecular flexibility index (Phi) is 3.89. The van der Waals surface area contributed by atoms with Crippen LogP contribution in [0.4, 0.5) is 10.1 Å². The lowest BCUT2D eigenvalue weighted by Crippen LogP contribution is -2.09. The topological polar surface area (TPSA) is 82.3 Å². The fourth-order valence-electron chi connectivity index (χ4n) is 1.78. The molecule has 1 heterocycles. The van der Waals surface area contributed by atoms with E-state index in [1.165, 1.54) is 43.8 Å². The lowest BCUT2D eigenvalue weighted by atomic mass is 10.2. The summed E-state index contributed by atoms with van der Waals surface area (Å²) in [5, 5.41) is 0. The van der Waals surface area contributed by atoms with Gasteiger partial charge < -0.3 is 10.5 Å². The van der Waals surface area contributed by atoms with Gasteiger partial charge in [-0.1, -0.05) is 12.1 Å². The van der Waals surface area contributed by atoms with Gasteiger partial charge in [0.25, 0.3) is 0 Å². The highest BCUT2D eigenvalue weighted by Gasteiger charge is 2.21. The number of anilines is 1. The molecule has 0 amide bonds. The molecule has 20 heavy (non-hydrogen) atoms. The maximum Gasteiger partial charge on any atom is 0.184 e. The van der Waals surface area contributed by atoms with Gasteiger partial charge in [0, 0.05) is 11.8 Å². The molecule has 5 nitrogen and oxygen atoms in total. The number of nitrogen functional groups attached to an aromatic ring is 1. The van der Waals surface area contributed by atoms with Crippen LogP contribution in [-0.2, 0) is 15.6 Å². The average molecular weight is 296 g/mol. The molecule has 0 bridgehead atoms. The third-order valence-corrected chi connectivity index (χ3v) is 4.49. The number of hydrogen-bond donors (Lipinski definition) is 1. The van der Waals surface area contributed by atoms with E-state index in [9.17, 15) is 12.8 Å². The van der Waals surface area contributed by atoms with Crippen LogP contribution in [0.2, 0.25) is 0 Å². The van der Waals surface area contributed by atoms with Crippen molar-refractivity contribution in [2.24, 2.45) is 0 Å². The first kappa shape index (κ1) is 14.3. The van der Waals surface area contributed by atoms with E-state index >= 15 is 0 Å². The van der Waals surface area contributed by atoms with Crippen molar-refractivity contribution >= 4 is 15.5 Å². The third kappa shape index (κ3) is 2.72. The van der Waals surface area contributed by atoms with Crippen LogP contribution in [-0.4, -0.2) is 20.5 Å². The second kappa shape index (κ2) is 5.46. The number of ether oxygens (including phenoxy) is 1. The van der Waals surface area contributed by atoms with Crippen molar-refractivity contribution in [3.05, 3.63) is 48.0 Å². The van der Waals surface area contributed by atoms with Gasteiger partial charge in [-0.3, -0.25) is 4.98 Å². The standard InChI is InChI=1S/C13H13FN2O3S/c1-19-11-4-2-3-9(13(11)14)8-20(17,18)12-5-6-16-7-10(12)15/h2-7H,8,15H2,1H3. The van der Waals surface area contributed by atoms with Crippen LogP contribution in [0.25, 0.3) is 0 Å². The number of sulfone groups is 1. The monoisotopic (exact) mass is 296 g/mol. The second-order valence-corrected chi connectivity index (χ2v) is 6.06. The normalized spacial score (nSPS) is 11.3. The summed E-state index contributed by atoms with van der Waals surface area (Å²) < 4.78 is 43.3. The maximum absolute atomic E-state index is 14.0. The summed E-state index contributed by atoms with van der Waals surface area (Å²) in [6.45, 7) is 0. The molecule has 0 saturated heterocycles. The minimum atomic E-state index is -3.75.